The summed E-state index contributed by atoms with van der Waals surface area (Å²) in [5.41, 5.74) is 0. The lowest BCUT2D eigenvalue weighted by Gasteiger charge is -1.54. The Morgan fingerprint density at radius 3 is 0.818 bits per heavy atom. The van der Waals surface area contributed by atoms with Crippen molar-refractivity contribution in [2.75, 3.05) is 0 Å². The summed E-state index contributed by atoms with van der Waals surface area (Å²) in [5.74, 6) is 0. The Hall–Kier alpha value is -0.740. The van der Waals surface area contributed by atoms with Gasteiger partial charge in [-0.05, 0) is 0 Å². The van der Waals surface area contributed by atoms with Crippen molar-refractivity contribution in [2.24, 2.45) is 0 Å². The van der Waals surface area contributed by atoms with Crippen molar-refractivity contribution < 1.29 is 25.3 Å². The topological polar surface area (TPSA) is 177 Å². The largest absolute Gasteiger partial charge is 2.00 e. The Kier molecular flexibility index (Phi) is 1150. The van der Waals surface area contributed by atoms with Crippen LogP contribution in [0.4, 0.5) is 0 Å². The first kappa shape index (κ1) is 31.8. The Labute approximate surface area is 69.4 Å². The summed E-state index contributed by atoms with van der Waals surface area (Å²) in [5, 5.41) is 15.8. The first-order chi connectivity index (χ1) is 4.83. The van der Waals surface area contributed by atoms with Crippen molar-refractivity contribution in [2.45, 2.75) is 0 Å². The first-order valence-electron chi connectivity index (χ1n) is 0.975. The van der Waals surface area contributed by atoms with Crippen molar-refractivity contribution in [1.29, 1.82) is 0 Å². The second-order valence-electron chi connectivity index (χ2n) is 0.136. The van der Waals surface area contributed by atoms with Gasteiger partial charge in [-0.25, -0.2) is 23.7 Å². The van der Waals surface area contributed by atoms with Gasteiger partial charge >= 0.3 is 5.48 Å². The van der Waals surface area contributed by atoms with Crippen LogP contribution in [0.1, 0.15) is 0 Å². The van der Waals surface area contributed by atoms with Crippen LogP contribution >= 0.6 is 23.7 Å². The summed E-state index contributed by atoms with van der Waals surface area (Å²) in [6, 6.07) is 0. The zero-order chi connectivity index (χ0) is 9.41. The molecule has 0 aliphatic rings. The van der Waals surface area contributed by atoms with Gasteiger partial charge in [0.05, 0.1) is 0 Å². The molecule has 0 spiro atoms. The molecule has 0 amide bonds. The average Bonchev–Trinajstić information content (AvgIpc) is 1.99. The lowest BCUT2D eigenvalue weighted by molar-refractivity contribution is -0.285. The molecule has 0 rings (SSSR count). The molecule has 0 saturated carbocycles. The SMILES string of the molecule is O=[O+][O-].O=[O+][O-].[O+2].[O-]Cl.[O-]Cl. The molecule has 4 radical (unpaired) electrons. The van der Waals surface area contributed by atoms with Gasteiger partial charge in [-0.1, -0.05) is 20.4 Å². The quantitative estimate of drug-likeness (QED) is 0.231. The van der Waals surface area contributed by atoms with E-state index in [0.29, 0.717) is 0 Å². The van der Waals surface area contributed by atoms with Gasteiger partial charge in [0, 0.05) is 0 Å². The van der Waals surface area contributed by atoms with E-state index in [1.165, 1.54) is 0 Å². The highest BCUT2D eigenvalue weighted by molar-refractivity contribution is 6.02. The van der Waals surface area contributed by atoms with Crippen molar-refractivity contribution in [3.8, 4) is 0 Å². The molecule has 0 atom stereocenters. The predicted molar refractivity (Wildman–Crippen MR) is 25.9 cm³/mol. The van der Waals surface area contributed by atoms with E-state index in [4.69, 9.17) is 29.8 Å². The highest BCUT2D eigenvalue weighted by Crippen LogP contribution is 1.12. The van der Waals surface area contributed by atoms with Crippen LogP contribution in [0.5, 0.6) is 0 Å². The van der Waals surface area contributed by atoms with Crippen molar-refractivity contribution in [3.05, 3.63) is 19.4 Å². The Morgan fingerprint density at radius 1 is 0.818 bits per heavy atom. The summed E-state index contributed by atoms with van der Waals surface area (Å²) in [6.45, 7) is 0. The van der Waals surface area contributed by atoms with E-state index in [0.717, 1.165) is 0 Å². The summed E-state index contributed by atoms with van der Waals surface area (Å²) in [6.07, 6.45) is 0. The van der Waals surface area contributed by atoms with E-state index in [1.807, 2.05) is 0 Å². The lowest BCUT2D eigenvalue weighted by atomic mass is 14.8. The molecule has 0 aromatic carbocycles. The molecule has 0 aliphatic carbocycles. The third-order valence-electron chi connectivity index (χ3n) is 0. The van der Waals surface area contributed by atoms with E-state index >= 15 is 0 Å². The van der Waals surface area contributed by atoms with E-state index in [-0.39, 0.29) is 5.48 Å². The van der Waals surface area contributed by atoms with Gasteiger partial charge in [0.15, 0.2) is 9.49 Å². The zero-order valence-electron chi connectivity index (χ0n) is 4.43. The fourth-order valence-corrected chi connectivity index (χ4v) is 0. The van der Waals surface area contributed by atoms with Crippen LogP contribution in [0.15, 0.2) is 0 Å². The molecular formula is Cl2O9. The molecule has 0 saturated heterocycles. The van der Waals surface area contributed by atoms with Crippen LogP contribution in [-0.4, -0.2) is 0 Å². The lowest BCUT2D eigenvalue weighted by Crippen LogP contribution is -1.82. The fraction of sp³-hybridized carbons (Fsp3) is 0. The summed E-state index contributed by atoms with van der Waals surface area (Å²) in [4.78, 5) is 15.8. The molecule has 0 bridgehead atoms. The summed E-state index contributed by atoms with van der Waals surface area (Å²) < 4.78 is 18.9. The van der Waals surface area contributed by atoms with Gasteiger partial charge in [0.25, 0.3) is 0 Å². The summed E-state index contributed by atoms with van der Waals surface area (Å²) >= 11 is 6.78. The monoisotopic (exact) mass is 214 g/mol. The van der Waals surface area contributed by atoms with E-state index in [2.05, 4.69) is 23.7 Å². The van der Waals surface area contributed by atoms with E-state index in [1.54, 1.807) is 9.49 Å². The van der Waals surface area contributed by atoms with Gasteiger partial charge in [-0.3, -0.25) is 0 Å². The smallest absolute Gasteiger partial charge is 0.769 e. The third kappa shape index (κ3) is 891. The van der Waals surface area contributed by atoms with Crippen molar-refractivity contribution >= 4 is 23.7 Å². The molecule has 11 heavy (non-hydrogen) atoms. The molecule has 11 heteroatoms. The van der Waals surface area contributed by atoms with E-state index < -0.39 is 0 Å². The normalized spacial score (nSPS) is 3.27. The molecule has 0 N–H and O–H groups in total. The third-order valence-corrected chi connectivity index (χ3v) is 0. The zero-order valence-corrected chi connectivity index (χ0v) is 5.94. The molecule has 9 nitrogen and oxygen atoms in total. The molecule has 0 aliphatic heterocycles. The Bertz CT molecular complexity index is 28.5. The highest BCUT2D eigenvalue weighted by atomic mass is 35.5. The van der Waals surface area contributed by atoms with Gasteiger partial charge in [-0.15, -0.1) is 0 Å². The number of rotatable bonds is 0. The van der Waals surface area contributed by atoms with Crippen LogP contribution in [-0.2, 0) is 5.48 Å². The van der Waals surface area contributed by atoms with Crippen LogP contribution < -0.4 is 19.8 Å². The predicted octanol–water partition coefficient (Wildman–Crippen LogP) is -3.36. The minimum atomic E-state index is 0. The molecule has 0 aromatic rings. The second kappa shape index (κ2) is 398. The Balaban J connectivity index is -0.0000000144. The second-order valence-corrected chi connectivity index (χ2v) is 0.136. The molecule has 0 aromatic heterocycles. The van der Waals surface area contributed by atoms with Gasteiger partial charge < -0.3 is 9.32 Å². The van der Waals surface area contributed by atoms with Gasteiger partial charge in [0.1, 0.15) is 0 Å². The Morgan fingerprint density at radius 2 is 0.818 bits per heavy atom. The maximum absolute atomic E-state index is 7.88. The van der Waals surface area contributed by atoms with Crippen molar-refractivity contribution in [1.82, 2.24) is 0 Å². The van der Waals surface area contributed by atoms with Crippen molar-refractivity contribution in [3.63, 3.8) is 0 Å². The van der Waals surface area contributed by atoms with Gasteiger partial charge in [0.2, 0.25) is 0 Å². The number of hydrogen-bond donors (Lipinski definition) is 0. The number of halogens is 2. The average molecular weight is 215 g/mol. The highest BCUT2D eigenvalue weighted by Gasteiger charge is 2.00. The van der Waals surface area contributed by atoms with Gasteiger partial charge in [-0.2, -0.15) is 0 Å². The van der Waals surface area contributed by atoms with E-state index in [9.17, 15) is 0 Å². The van der Waals surface area contributed by atoms with Crippen LogP contribution in [0.3, 0.4) is 0 Å². The standard InChI is InChI=1S/2ClO.2O3.O/c2*1-2;2*1-3-2;/q2*-1;;;+2. The molecule has 0 heterocycles. The number of hydrogen-bond acceptors (Lipinski definition) is 6. The van der Waals surface area contributed by atoms with Crippen LogP contribution in [0, 0.1) is 19.4 Å². The maximum Gasteiger partial charge on any atom is 2.00 e. The van der Waals surface area contributed by atoms with Crippen LogP contribution in [0.2, 0.25) is 0 Å². The minimum absolute atomic E-state index is 0. The molecule has 0 unspecified atom stereocenters. The fourth-order valence-electron chi connectivity index (χ4n) is 0. The molecule has 0 fully saturated rings. The minimum Gasteiger partial charge on any atom is -0.769 e. The summed E-state index contributed by atoms with van der Waals surface area (Å²) in [7, 11) is 0. The molecular weight excluding hydrogens is 215 g/mol. The maximum atomic E-state index is 7.88. The first-order valence-corrected chi connectivity index (χ1v) is 1.59. The molecule has 68 valence electrons. The van der Waals surface area contributed by atoms with Crippen LogP contribution in [0.25, 0.3) is 0 Å².